The summed E-state index contributed by atoms with van der Waals surface area (Å²) < 4.78 is 0. The number of unbranched alkanes of at least 4 members (excludes halogenated alkanes) is 3. The average Bonchev–Trinajstić information content (AvgIpc) is 2.11. The van der Waals surface area contributed by atoms with Crippen molar-refractivity contribution in [2.45, 2.75) is 25.7 Å². The normalized spacial score (nSPS) is 10.5. The highest BCUT2D eigenvalue weighted by molar-refractivity contribution is 5.79. The summed E-state index contributed by atoms with van der Waals surface area (Å²) in [6.07, 6.45) is 5.94. The number of hydrogen-bond acceptors (Lipinski definition) is 3. The fourth-order valence-electron chi connectivity index (χ4n) is 0.813. The molecule has 72 valence electrons. The van der Waals surface area contributed by atoms with Crippen LogP contribution in [0.2, 0.25) is 0 Å². The summed E-state index contributed by atoms with van der Waals surface area (Å²) >= 11 is 0. The van der Waals surface area contributed by atoms with Crippen LogP contribution in [0.4, 0.5) is 0 Å². The molecule has 13 heavy (non-hydrogen) atoms. The van der Waals surface area contributed by atoms with E-state index < -0.39 is 0 Å². The molecule has 0 heterocycles. The van der Waals surface area contributed by atoms with E-state index in [4.69, 9.17) is 11.0 Å². The Kier molecular flexibility index (Phi) is 7.50. The van der Waals surface area contributed by atoms with E-state index in [2.05, 4.69) is 10.3 Å². The summed E-state index contributed by atoms with van der Waals surface area (Å²) in [4.78, 5) is 13.8. The molecule has 5 nitrogen and oxygen atoms in total. The lowest BCUT2D eigenvalue weighted by Gasteiger charge is -1.96. The van der Waals surface area contributed by atoms with Crippen LogP contribution in [-0.2, 0) is 4.79 Å². The standard InChI is InChI=1S/C8H14N4O/c9-7-12-8(10)11-5-3-1-2-4-6-13/h6H,1-5H2,(H3,10,11,12). The molecule has 0 saturated heterocycles. The molecule has 5 heteroatoms. The molecule has 0 aromatic carbocycles. The Bertz CT molecular complexity index is 207. The minimum absolute atomic E-state index is 0.151. The second kappa shape index (κ2) is 8.53. The van der Waals surface area contributed by atoms with Crippen molar-refractivity contribution in [1.29, 1.82) is 5.26 Å². The first-order valence-corrected chi connectivity index (χ1v) is 4.20. The van der Waals surface area contributed by atoms with Crippen molar-refractivity contribution in [3.05, 3.63) is 0 Å². The molecular formula is C8H14N4O. The van der Waals surface area contributed by atoms with E-state index in [0.717, 1.165) is 25.5 Å². The predicted molar refractivity (Wildman–Crippen MR) is 49.8 cm³/mol. The molecule has 0 aliphatic heterocycles. The maximum Gasteiger partial charge on any atom is 0.202 e. The van der Waals surface area contributed by atoms with E-state index in [1.54, 1.807) is 6.19 Å². The number of rotatable bonds is 6. The van der Waals surface area contributed by atoms with Crippen molar-refractivity contribution in [2.75, 3.05) is 6.54 Å². The molecule has 0 aromatic heterocycles. The summed E-state index contributed by atoms with van der Waals surface area (Å²) in [6.45, 7) is 0.597. The summed E-state index contributed by atoms with van der Waals surface area (Å²) in [5, 5.41) is 10.4. The van der Waals surface area contributed by atoms with Crippen LogP contribution in [0.15, 0.2) is 4.99 Å². The van der Waals surface area contributed by atoms with Gasteiger partial charge in [0.1, 0.15) is 6.29 Å². The van der Waals surface area contributed by atoms with E-state index in [-0.39, 0.29) is 5.96 Å². The van der Waals surface area contributed by atoms with Gasteiger partial charge >= 0.3 is 0 Å². The van der Waals surface area contributed by atoms with Crippen molar-refractivity contribution < 1.29 is 4.79 Å². The third-order valence-corrected chi connectivity index (χ3v) is 1.45. The molecule has 0 bridgehead atoms. The number of nitrogens with one attached hydrogen (secondary N) is 1. The lowest BCUT2D eigenvalue weighted by atomic mass is 10.2. The molecule has 0 amide bonds. The Labute approximate surface area is 77.6 Å². The van der Waals surface area contributed by atoms with Crippen LogP contribution in [0.3, 0.4) is 0 Å². The zero-order valence-corrected chi connectivity index (χ0v) is 7.49. The fraction of sp³-hybridized carbons (Fsp3) is 0.625. The largest absolute Gasteiger partial charge is 0.369 e. The second-order valence-electron chi connectivity index (χ2n) is 2.52. The number of hydrogen-bond donors (Lipinski definition) is 2. The molecule has 3 N–H and O–H groups in total. The van der Waals surface area contributed by atoms with Crippen LogP contribution in [0, 0.1) is 11.5 Å². The first-order valence-electron chi connectivity index (χ1n) is 4.20. The van der Waals surface area contributed by atoms with Gasteiger partial charge < -0.3 is 10.5 Å². The minimum Gasteiger partial charge on any atom is -0.369 e. The molecule has 0 saturated carbocycles. The van der Waals surface area contributed by atoms with Gasteiger partial charge in [-0.3, -0.25) is 10.3 Å². The molecule has 0 aliphatic rings. The minimum atomic E-state index is 0.151. The molecule has 0 aliphatic carbocycles. The van der Waals surface area contributed by atoms with E-state index >= 15 is 0 Å². The number of carbonyl (C=O) groups is 1. The third kappa shape index (κ3) is 8.34. The van der Waals surface area contributed by atoms with E-state index in [9.17, 15) is 4.79 Å². The zero-order valence-electron chi connectivity index (χ0n) is 7.49. The van der Waals surface area contributed by atoms with Gasteiger partial charge in [-0.2, -0.15) is 5.26 Å². The Morgan fingerprint density at radius 2 is 2.31 bits per heavy atom. The highest BCUT2D eigenvalue weighted by Gasteiger charge is 1.89. The molecule has 0 aromatic rings. The maximum absolute atomic E-state index is 9.94. The Balaban J connectivity index is 3.29. The van der Waals surface area contributed by atoms with Crippen LogP contribution in [0.25, 0.3) is 0 Å². The second-order valence-corrected chi connectivity index (χ2v) is 2.52. The maximum atomic E-state index is 9.94. The smallest absolute Gasteiger partial charge is 0.202 e. The number of guanidine groups is 1. The van der Waals surface area contributed by atoms with E-state index in [0.29, 0.717) is 13.0 Å². The van der Waals surface area contributed by atoms with Gasteiger partial charge in [0.2, 0.25) is 5.96 Å². The number of nitriles is 1. The lowest BCUT2D eigenvalue weighted by Crippen LogP contribution is -2.27. The molecule has 0 spiro atoms. The fourth-order valence-corrected chi connectivity index (χ4v) is 0.813. The van der Waals surface area contributed by atoms with Crippen molar-refractivity contribution in [3.8, 4) is 6.19 Å². The van der Waals surface area contributed by atoms with Gasteiger partial charge in [0, 0.05) is 13.0 Å². The Hall–Kier alpha value is -1.57. The molecule has 0 unspecified atom stereocenters. The van der Waals surface area contributed by atoms with Gasteiger partial charge in [0.05, 0.1) is 0 Å². The van der Waals surface area contributed by atoms with Crippen LogP contribution in [0.1, 0.15) is 25.7 Å². The topological polar surface area (TPSA) is 91.3 Å². The van der Waals surface area contributed by atoms with Gasteiger partial charge in [-0.05, 0) is 12.8 Å². The number of nitrogens with two attached hydrogens (primary N) is 1. The first-order chi connectivity index (χ1) is 6.31. The quantitative estimate of drug-likeness (QED) is 0.152. The van der Waals surface area contributed by atoms with Crippen molar-refractivity contribution in [1.82, 2.24) is 5.32 Å². The summed E-state index contributed by atoms with van der Waals surface area (Å²) in [7, 11) is 0. The van der Waals surface area contributed by atoms with Crippen LogP contribution < -0.4 is 11.1 Å². The number of aldehydes is 1. The van der Waals surface area contributed by atoms with Crippen molar-refractivity contribution in [3.63, 3.8) is 0 Å². The highest BCUT2D eigenvalue weighted by Crippen LogP contribution is 1.97. The van der Waals surface area contributed by atoms with Gasteiger partial charge in [-0.1, -0.05) is 6.42 Å². The van der Waals surface area contributed by atoms with Crippen LogP contribution >= 0.6 is 0 Å². The lowest BCUT2D eigenvalue weighted by molar-refractivity contribution is -0.107. The average molecular weight is 182 g/mol. The zero-order chi connectivity index (χ0) is 9.94. The number of nitrogens with zero attached hydrogens (tertiary/aromatic N) is 2. The van der Waals surface area contributed by atoms with Crippen LogP contribution in [0.5, 0.6) is 0 Å². The molecule has 0 rings (SSSR count). The van der Waals surface area contributed by atoms with E-state index in [1.807, 2.05) is 0 Å². The first kappa shape index (κ1) is 11.4. The number of aliphatic imine (C=N–C) groups is 1. The molecule has 0 atom stereocenters. The Morgan fingerprint density at radius 3 is 2.92 bits per heavy atom. The molecule has 0 radical (unpaired) electrons. The van der Waals surface area contributed by atoms with Gasteiger partial charge in [0.15, 0.2) is 6.19 Å². The Morgan fingerprint density at radius 1 is 1.54 bits per heavy atom. The van der Waals surface area contributed by atoms with Gasteiger partial charge in [-0.25, -0.2) is 0 Å². The van der Waals surface area contributed by atoms with E-state index in [1.165, 1.54) is 0 Å². The highest BCUT2D eigenvalue weighted by atomic mass is 16.1. The van der Waals surface area contributed by atoms with Gasteiger partial charge in [0.25, 0.3) is 0 Å². The molecular weight excluding hydrogens is 168 g/mol. The SMILES string of the molecule is N#CNC(N)=NCCCCCC=O. The van der Waals surface area contributed by atoms with Gasteiger partial charge in [-0.15, -0.1) is 0 Å². The monoisotopic (exact) mass is 182 g/mol. The summed E-state index contributed by atoms with van der Waals surface area (Å²) in [5.74, 6) is 0.151. The predicted octanol–water partition coefficient (Wildman–Crippen LogP) is 0.131. The third-order valence-electron chi connectivity index (χ3n) is 1.45. The summed E-state index contributed by atoms with van der Waals surface area (Å²) in [6, 6.07) is 0. The van der Waals surface area contributed by atoms with Crippen molar-refractivity contribution in [2.24, 2.45) is 10.7 Å². The van der Waals surface area contributed by atoms with Crippen molar-refractivity contribution >= 4 is 12.2 Å². The summed E-state index contributed by atoms with van der Waals surface area (Å²) in [5.41, 5.74) is 5.29. The number of carbonyl (C=O) groups excluding carboxylic acids is 1. The molecule has 0 fully saturated rings. The van der Waals surface area contributed by atoms with Crippen LogP contribution in [-0.4, -0.2) is 18.8 Å².